The van der Waals surface area contributed by atoms with Crippen LogP contribution in [0.2, 0.25) is 0 Å². The van der Waals surface area contributed by atoms with Gasteiger partial charge in [-0.25, -0.2) is 13.6 Å². The summed E-state index contributed by atoms with van der Waals surface area (Å²) in [6, 6.07) is -0.812. The summed E-state index contributed by atoms with van der Waals surface area (Å²) in [6.45, 7) is -1.05. The van der Waals surface area contributed by atoms with Gasteiger partial charge < -0.3 is 4.74 Å². The Balaban J connectivity index is 1.94. The van der Waals surface area contributed by atoms with Crippen molar-refractivity contribution in [2.75, 3.05) is 19.8 Å². The molecular weight excluding hydrogens is 262 g/mol. The van der Waals surface area contributed by atoms with Crippen LogP contribution in [-0.2, 0) is 14.3 Å². The fraction of sp³-hybridized carbons (Fsp3) is 0.727. The number of nitrogens with zero attached hydrogens (tertiary/aromatic N) is 1. The summed E-state index contributed by atoms with van der Waals surface area (Å²) in [4.78, 5) is 36.2. The number of alkyl halides is 2. The number of urea groups is 1. The number of hydrogen-bond donors (Lipinski definition) is 1. The number of amides is 4. The fourth-order valence-corrected chi connectivity index (χ4v) is 2.23. The standard InChI is InChI=1S/C11H14F2N2O4/c12-7(13)6-19-5-4-15-9(17)11(2-1-3-11)8(16)14-10(15)18/h7H,1-6H2,(H,14,16,18). The lowest BCUT2D eigenvalue weighted by atomic mass is 9.66. The first kappa shape index (κ1) is 13.9. The highest BCUT2D eigenvalue weighted by Gasteiger charge is 2.57. The van der Waals surface area contributed by atoms with Crippen LogP contribution in [0.25, 0.3) is 0 Å². The molecule has 0 atom stereocenters. The van der Waals surface area contributed by atoms with E-state index >= 15 is 0 Å². The molecule has 2 fully saturated rings. The fourth-order valence-electron chi connectivity index (χ4n) is 2.23. The van der Waals surface area contributed by atoms with Gasteiger partial charge in [-0.1, -0.05) is 6.42 Å². The molecule has 0 radical (unpaired) electrons. The zero-order valence-corrected chi connectivity index (χ0v) is 10.2. The van der Waals surface area contributed by atoms with Gasteiger partial charge in [-0.2, -0.15) is 0 Å². The van der Waals surface area contributed by atoms with Crippen molar-refractivity contribution in [2.24, 2.45) is 5.41 Å². The van der Waals surface area contributed by atoms with E-state index in [2.05, 4.69) is 10.1 Å². The van der Waals surface area contributed by atoms with Crippen LogP contribution in [-0.4, -0.2) is 48.9 Å². The molecule has 1 N–H and O–H groups in total. The summed E-state index contributed by atoms with van der Waals surface area (Å²) in [7, 11) is 0. The molecule has 1 saturated heterocycles. The number of barbiturate groups is 1. The van der Waals surface area contributed by atoms with Crippen molar-refractivity contribution in [1.82, 2.24) is 10.2 Å². The van der Waals surface area contributed by atoms with Gasteiger partial charge in [0.1, 0.15) is 12.0 Å². The Labute approximate surface area is 108 Å². The molecule has 106 valence electrons. The number of nitrogens with one attached hydrogen (secondary N) is 1. The molecule has 1 aliphatic carbocycles. The Morgan fingerprint density at radius 2 is 2.00 bits per heavy atom. The smallest absolute Gasteiger partial charge is 0.330 e. The largest absolute Gasteiger partial charge is 0.374 e. The Morgan fingerprint density at radius 1 is 1.32 bits per heavy atom. The van der Waals surface area contributed by atoms with E-state index in [9.17, 15) is 23.2 Å². The Bertz CT molecular complexity index is 409. The summed E-state index contributed by atoms with van der Waals surface area (Å²) in [5.74, 6) is -1.10. The van der Waals surface area contributed by atoms with Gasteiger partial charge in [-0.05, 0) is 12.8 Å². The minimum Gasteiger partial charge on any atom is -0.374 e. The molecule has 2 aliphatic rings. The normalized spacial score (nSPS) is 21.8. The minimum atomic E-state index is -2.59. The molecule has 0 aromatic heterocycles. The molecule has 0 unspecified atom stereocenters. The van der Waals surface area contributed by atoms with Gasteiger partial charge >= 0.3 is 6.03 Å². The van der Waals surface area contributed by atoms with Crippen molar-refractivity contribution < 1.29 is 27.9 Å². The summed E-state index contributed by atoms with van der Waals surface area (Å²) in [5, 5.41) is 2.13. The number of carbonyl (C=O) groups excluding carboxylic acids is 3. The molecule has 19 heavy (non-hydrogen) atoms. The molecule has 1 heterocycles. The third-order valence-corrected chi connectivity index (χ3v) is 3.46. The maximum atomic E-state index is 12.1. The highest BCUT2D eigenvalue weighted by molar-refractivity contribution is 6.19. The van der Waals surface area contributed by atoms with E-state index < -0.39 is 36.3 Å². The Hall–Kier alpha value is -1.57. The molecule has 6 nitrogen and oxygen atoms in total. The van der Waals surface area contributed by atoms with Crippen LogP contribution >= 0.6 is 0 Å². The quantitative estimate of drug-likeness (QED) is 0.586. The first-order valence-corrected chi connectivity index (χ1v) is 6.00. The number of rotatable bonds is 5. The molecular formula is C11H14F2N2O4. The van der Waals surface area contributed by atoms with Crippen molar-refractivity contribution >= 4 is 17.8 Å². The molecule has 2 rings (SSSR count). The van der Waals surface area contributed by atoms with E-state index in [4.69, 9.17) is 0 Å². The van der Waals surface area contributed by atoms with Crippen LogP contribution < -0.4 is 5.32 Å². The first-order chi connectivity index (χ1) is 8.97. The number of halogens is 2. The third kappa shape index (κ3) is 2.44. The van der Waals surface area contributed by atoms with Gasteiger partial charge in [0, 0.05) is 0 Å². The van der Waals surface area contributed by atoms with Crippen LogP contribution in [0.3, 0.4) is 0 Å². The topological polar surface area (TPSA) is 75.7 Å². The third-order valence-electron chi connectivity index (χ3n) is 3.46. The van der Waals surface area contributed by atoms with Gasteiger partial charge in [0.2, 0.25) is 11.8 Å². The lowest BCUT2D eigenvalue weighted by molar-refractivity contribution is -0.158. The van der Waals surface area contributed by atoms with E-state index in [1.165, 1.54) is 0 Å². The SMILES string of the molecule is O=C1NC(=O)C2(CCC2)C(=O)N1CCOCC(F)F. The lowest BCUT2D eigenvalue weighted by Crippen LogP contribution is -2.66. The highest BCUT2D eigenvalue weighted by atomic mass is 19.3. The van der Waals surface area contributed by atoms with Gasteiger partial charge in [-0.15, -0.1) is 0 Å². The molecule has 0 aromatic carbocycles. The summed E-state index contributed by atoms with van der Waals surface area (Å²) < 4.78 is 28.4. The molecule has 1 aliphatic heterocycles. The van der Waals surface area contributed by atoms with Gasteiger partial charge in [0.25, 0.3) is 6.43 Å². The number of imide groups is 2. The summed E-state index contributed by atoms with van der Waals surface area (Å²) in [5.41, 5.74) is -1.13. The van der Waals surface area contributed by atoms with E-state index in [0.717, 1.165) is 11.3 Å². The Kier molecular flexibility index (Phi) is 3.79. The van der Waals surface area contributed by atoms with E-state index in [0.29, 0.717) is 12.8 Å². The predicted molar refractivity (Wildman–Crippen MR) is 58.4 cm³/mol. The van der Waals surface area contributed by atoms with Crippen LogP contribution in [0.4, 0.5) is 13.6 Å². The highest BCUT2D eigenvalue weighted by Crippen LogP contribution is 2.44. The molecule has 1 spiro atoms. The van der Waals surface area contributed by atoms with Crippen LogP contribution in [0.1, 0.15) is 19.3 Å². The number of hydrogen-bond acceptors (Lipinski definition) is 4. The van der Waals surface area contributed by atoms with Crippen molar-refractivity contribution in [3.63, 3.8) is 0 Å². The van der Waals surface area contributed by atoms with Gasteiger partial charge in [-0.3, -0.25) is 19.8 Å². The van der Waals surface area contributed by atoms with Crippen molar-refractivity contribution in [3.8, 4) is 0 Å². The summed E-state index contributed by atoms with van der Waals surface area (Å²) in [6.07, 6.45) is -1.01. The van der Waals surface area contributed by atoms with E-state index in [1.54, 1.807) is 0 Å². The zero-order valence-electron chi connectivity index (χ0n) is 10.2. The second kappa shape index (κ2) is 5.20. The molecule has 0 bridgehead atoms. The van der Waals surface area contributed by atoms with E-state index in [-0.39, 0.29) is 13.2 Å². The average molecular weight is 276 g/mol. The van der Waals surface area contributed by atoms with Crippen LogP contribution in [0, 0.1) is 5.41 Å². The van der Waals surface area contributed by atoms with Gasteiger partial charge in [0.05, 0.1) is 13.2 Å². The maximum absolute atomic E-state index is 12.1. The van der Waals surface area contributed by atoms with E-state index in [1.807, 2.05) is 0 Å². The predicted octanol–water partition coefficient (Wildman–Crippen LogP) is 0.517. The van der Waals surface area contributed by atoms with Crippen molar-refractivity contribution in [2.45, 2.75) is 25.7 Å². The Morgan fingerprint density at radius 3 is 2.53 bits per heavy atom. The average Bonchev–Trinajstić information content (AvgIpc) is 2.25. The van der Waals surface area contributed by atoms with Crippen LogP contribution in [0.15, 0.2) is 0 Å². The zero-order chi connectivity index (χ0) is 14.0. The number of ether oxygens (including phenoxy) is 1. The molecule has 8 heteroatoms. The minimum absolute atomic E-state index is 0.133. The van der Waals surface area contributed by atoms with Crippen molar-refractivity contribution in [3.05, 3.63) is 0 Å². The summed E-state index contributed by atoms with van der Waals surface area (Å²) >= 11 is 0. The van der Waals surface area contributed by atoms with Crippen molar-refractivity contribution in [1.29, 1.82) is 0 Å². The first-order valence-electron chi connectivity index (χ1n) is 6.00. The maximum Gasteiger partial charge on any atom is 0.330 e. The number of carbonyl (C=O) groups is 3. The second-order valence-corrected chi connectivity index (χ2v) is 4.62. The lowest BCUT2D eigenvalue weighted by Gasteiger charge is -2.44. The second-order valence-electron chi connectivity index (χ2n) is 4.62. The molecule has 1 saturated carbocycles. The van der Waals surface area contributed by atoms with Gasteiger partial charge in [0.15, 0.2) is 0 Å². The monoisotopic (exact) mass is 276 g/mol. The molecule has 0 aromatic rings. The molecule has 4 amide bonds. The van der Waals surface area contributed by atoms with Crippen LogP contribution in [0.5, 0.6) is 0 Å².